The number of carbonyl (C=O) groups excluding carboxylic acids is 1. The average molecular weight is 253 g/mol. The highest BCUT2D eigenvalue weighted by Crippen LogP contribution is 2.26. The van der Waals surface area contributed by atoms with E-state index in [2.05, 4.69) is 22.5 Å². The fourth-order valence-electron chi connectivity index (χ4n) is 3.24. The van der Waals surface area contributed by atoms with Crippen molar-refractivity contribution in [1.82, 2.24) is 15.5 Å². The Morgan fingerprint density at radius 3 is 2.50 bits per heavy atom. The average Bonchev–Trinajstić information content (AvgIpc) is 2.77. The van der Waals surface area contributed by atoms with Gasteiger partial charge in [-0.3, -0.25) is 9.69 Å². The van der Waals surface area contributed by atoms with Crippen molar-refractivity contribution in [2.45, 2.75) is 51.1 Å². The zero-order valence-corrected chi connectivity index (χ0v) is 11.7. The molecule has 2 aliphatic rings. The second-order valence-corrected chi connectivity index (χ2v) is 5.90. The van der Waals surface area contributed by atoms with Gasteiger partial charge >= 0.3 is 0 Å². The molecule has 4 nitrogen and oxygen atoms in total. The summed E-state index contributed by atoms with van der Waals surface area (Å²) in [5.41, 5.74) is 0. The molecule has 1 amide bonds. The van der Waals surface area contributed by atoms with Crippen LogP contribution in [0.4, 0.5) is 0 Å². The molecule has 2 atom stereocenters. The first-order valence-electron chi connectivity index (χ1n) is 7.38. The van der Waals surface area contributed by atoms with E-state index in [1.54, 1.807) is 7.05 Å². The lowest BCUT2D eigenvalue weighted by Crippen LogP contribution is -2.48. The second-order valence-electron chi connectivity index (χ2n) is 5.90. The Bertz CT molecular complexity index is 274. The van der Waals surface area contributed by atoms with Crippen molar-refractivity contribution in [2.24, 2.45) is 5.92 Å². The number of carbonyl (C=O) groups is 1. The zero-order chi connectivity index (χ0) is 13.0. The summed E-state index contributed by atoms with van der Waals surface area (Å²) in [6.07, 6.45) is 6.47. The summed E-state index contributed by atoms with van der Waals surface area (Å²) in [5.74, 6) is 0.972. The van der Waals surface area contributed by atoms with Gasteiger partial charge in [0.05, 0.1) is 6.54 Å². The molecule has 1 heterocycles. The number of amides is 1. The quantitative estimate of drug-likeness (QED) is 0.785. The molecular formula is C14H27N3O. The third-order valence-corrected chi connectivity index (χ3v) is 4.54. The topological polar surface area (TPSA) is 44.4 Å². The number of likely N-dealkylation sites (tertiary alicyclic amines) is 1. The van der Waals surface area contributed by atoms with Crippen molar-refractivity contribution < 1.29 is 4.79 Å². The van der Waals surface area contributed by atoms with E-state index in [1.165, 1.54) is 32.1 Å². The summed E-state index contributed by atoms with van der Waals surface area (Å²) >= 11 is 0. The standard InChI is InChI=1S/C14H27N3O/c1-11-4-3-5-13(11)16-12-6-8-17(9-7-12)10-14(18)15-2/h11-13,16H,3-10H2,1-2H3,(H,15,18). The van der Waals surface area contributed by atoms with Crippen molar-refractivity contribution >= 4 is 5.91 Å². The molecule has 2 N–H and O–H groups in total. The second kappa shape index (κ2) is 6.53. The highest BCUT2D eigenvalue weighted by atomic mass is 16.1. The lowest BCUT2D eigenvalue weighted by Gasteiger charge is -2.34. The van der Waals surface area contributed by atoms with Crippen molar-refractivity contribution in [1.29, 1.82) is 0 Å². The van der Waals surface area contributed by atoms with E-state index in [1.807, 2.05) is 0 Å². The molecule has 104 valence electrons. The minimum Gasteiger partial charge on any atom is -0.358 e. The van der Waals surface area contributed by atoms with E-state index in [9.17, 15) is 4.79 Å². The summed E-state index contributed by atoms with van der Waals surface area (Å²) in [6, 6.07) is 1.40. The van der Waals surface area contributed by atoms with E-state index < -0.39 is 0 Å². The largest absolute Gasteiger partial charge is 0.358 e. The van der Waals surface area contributed by atoms with Crippen LogP contribution >= 0.6 is 0 Å². The van der Waals surface area contributed by atoms with Gasteiger partial charge < -0.3 is 10.6 Å². The first kappa shape index (κ1) is 13.8. The predicted molar refractivity (Wildman–Crippen MR) is 73.5 cm³/mol. The highest BCUT2D eigenvalue weighted by Gasteiger charge is 2.27. The SMILES string of the molecule is CNC(=O)CN1CCC(NC2CCCC2C)CC1. The maximum Gasteiger partial charge on any atom is 0.233 e. The smallest absolute Gasteiger partial charge is 0.233 e. The predicted octanol–water partition coefficient (Wildman–Crippen LogP) is 0.975. The molecule has 2 rings (SSSR count). The highest BCUT2D eigenvalue weighted by molar-refractivity contribution is 5.77. The number of piperidine rings is 1. The molecule has 18 heavy (non-hydrogen) atoms. The summed E-state index contributed by atoms with van der Waals surface area (Å²) in [7, 11) is 1.71. The van der Waals surface area contributed by atoms with E-state index >= 15 is 0 Å². The molecule has 0 aromatic carbocycles. The van der Waals surface area contributed by atoms with Crippen molar-refractivity contribution in [3.8, 4) is 0 Å². The molecule has 1 saturated heterocycles. The Hall–Kier alpha value is -0.610. The molecule has 1 saturated carbocycles. The number of rotatable bonds is 4. The number of hydrogen-bond acceptors (Lipinski definition) is 3. The third kappa shape index (κ3) is 3.69. The molecule has 4 heteroatoms. The van der Waals surface area contributed by atoms with Crippen LogP contribution < -0.4 is 10.6 Å². The van der Waals surface area contributed by atoms with Gasteiger partial charge in [0.15, 0.2) is 0 Å². The fraction of sp³-hybridized carbons (Fsp3) is 0.929. The van der Waals surface area contributed by atoms with Crippen LogP contribution in [0, 0.1) is 5.92 Å². The van der Waals surface area contributed by atoms with Crippen molar-refractivity contribution in [3.05, 3.63) is 0 Å². The zero-order valence-electron chi connectivity index (χ0n) is 11.7. The van der Waals surface area contributed by atoms with Gasteiger partial charge in [-0.25, -0.2) is 0 Å². The number of nitrogens with zero attached hydrogens (tertiary/aromatic N) is 1. The molecule has 0 bridgehead atoms. The molecule has 0 radical (unpaired) electrons. The summed E-state index contributed by atoms with van der Waals surface area (Å²) in [4.78, 5) is 13.6. The Balaban J connectivity index is 1.68. The van der Waals surface area contributed by atoms with Crippen LogP contribution in [0.3, 0.4) is 0 Å². The van der Waals surface area contributed by atoms with Gasteiger partial charge in [0.1, 0.15) is 0 Å². The van der Waals surface area contributed by atoms with Gasteiger partial charge in [-0.05, 0) is 31.6 Å². The molecule has 1 aliphatic carbocycles. The molecule has 0 aromatic heterocycles. The van der Waals surface area contributed by atoms with Crippen LogP contribution in [-0.2, 0) is 4.79 Å². The summed E-state index contributed by atoms with van der Waals surface area (Å²) in [5, 5.41) is 6.52. The molecular weight excluding hydrogens is 226 g/mol. The minimum absolute atomic E-state index is 0.130. The normalized spacial score (nSPS) is 30.6. The van der Waals surface area contributed by atoms with Gasteiger partial charge in [0.2, 0.25) is 5.91 Å². The van der Waals surface area contributed by atoms with Crippen LogP contribution in [0.25, 0.3) is 0 Å². The van der Waals surface area contributed by atoms with Crippen LogP contribution in [0.1, 0.15) is 39.0 Å². The Labute approximate surface area is 110 Å². The van der Waals surface area contributed by atoms with E-state index in [0.717, 1.165) is 25.0 Å². The van der Waals surface area contributed by atoms with Crippen LogP contribution in [-0.4, -0.2) is 49.6 Å². The molecule has 0 aromatic rings. The van der Waals surface area contributed by atoms with Crippen molar-refractivity contribution in [2.75, 3.05) is 26.7 Å². The van der Waals surface area contributed by atoms with E-state index in [4.69, 9.17) is 0 Å². The van der Waals surface area contributed by atoms with E-state index in [-0.39, 0.29) is 5.91 Å². The molecule has 0 spiro atoms. The monoisotopic (exact) mass is 253 g/mol. The van der Waals surface area contributed by atoms with Crippen LogP contribution in [0.15, 0.2) is 0 Å². The molecule has 2 fully saturated rings. The van der Waals surface area contributed by atoms with Gasteiger partial charge in [-0.2, -0.15) is 0 Å². The summed E-state index contributed by atoms with van der Waals surface area (Å²) < 4.78 is 0. The molecule has 1 aliphatic heterocycles. The first-order valence-corrected chi connectivity index (χ1v) is 7.38. The maximum atomic E-state index is 11.3. The maximum absolute atomic E-state index is 11.3. The number of hydrogen-bond donors (Lipinski definition) is 2. The first-order chi connectivity index (χ1) is 8.69. The number of nitrogens with one attached hydrogen (secondary N) is 2. The lowest BCUT2D eigenvalue weighted by molar-refractivity contribution is -0.122. The Morgan fingerprint density at radius 1 is 1.22 bits per heavy atom. The summed E-state index contributed by atoms with van der Waals surface area (Å²) in [6.45, 7) is 5.02. The molecule has 2 unspecified atom stereocenters. The van der Waals surface area contributed by atoms with E-state index in [0.29, 0.717) is 12.6 Å². The van der Waals surface area contributed by atoms with Gasteiger partial charge in [-0.1, -0.05) is 13.3 Å². The Morgan fingerprint density at radius 2 is 1.94 bits per heavy atom. The lowest BCUT2D eigenvalue weighted by atomic mass is 10.0. The van der Waals surface area contributed by atoms with Crippen LogP contribution in [0.2, 0.25) is 0 Å². The van der Waals surface area contributed by atoms with Gasteiger partial charge in [-0.15, -0.1) is 0 Å². The van der Waals surface area contributed by atoms with Gasteiger partial charge in [0, 0.05) is 32.2 Å². The third-order valence-electron chi connectivity index (χ3n) is 4.54. The Kier molecular flexibility index (Phi) is 5.01. The van der Waals surface area contributed by atoms with Crippen LogP contribution in [0.5, 0.6) is 0 Å². The fourth-order valence-corrected chi connectivity index (χ4v) is 3.24. The minimum atomic E-state index is 0.130. The van der Waals surface area contributed by atoms with Crippen molar-refractivity contribution in [3.63, 3.8) is 0 Å². The number of likely N-dealkylation sites (N-methyl/N-ethyl adjacent to an activating group) is 1. The van der Waals surface area contributed by atoms with Gasteiger partial charge in [0.25, 0.3) is 0 Å².